The van der Waals surface area contributed by atoms with Gasteiger partial charge in [-0.2, -0.15) is 0 Å². The summed E-state index contributed by atoms with van der Waals surface area (Å²) in [6.07, 6.45) is 7.43. The van der Waals surface area contributed by atoms with Gasteiger partial charge in [-0.25, -0.2) is 4.98 Å². The normalized spacial score (nSPS) is 26.6. The van der Waals surface area contributed by atoms with Gasteiger partial charge in [0.25, 0.3) is 0 Å². The maximum Gasteiger partial charge on any atom is 0.242 e. The molecule has 0 unspecified atom stereocenters. The number of hydrogen-bond acceptors (Lipinski definition) is 4. The molecule has 3 fully saturated rings. The van der Waals surface area contributed by atoms with Crippen LogP contribution in [0.15, 0.2) is 0 Å². The van der Waals surface area contributed by atoms with Crippen LogP contribution < -0.4 is 0 Å². The maximum atomic E-state index is 13.1. The number of nitrogens with zero attached hydrogens (tertiary/aromatic N) is 4. The molecule has 26 heavy (non-hydrogen) atoms. The number of hydrogen-bond donors (Lipinski definition) is 1. The number of nitrogens with one attached hydrogen (secondary N) is 1. The largest absolute Gasteiger partial charge is 0.342 e. The van der Waals surface area contributed by atoms with Crippen molar-refractivity contribution in [3.8, 4) is 0 Å². The lowest BCUT2D eigenvalue weighted by Gasteiger charge is -2.42. The van der Waals surface area contributed by atoms with Crippen LogP contribution in [0.5, 0.6) is 0 Å². The molecule has 7 nitrogen and oxygen atoms in total. The highest BCUT2D eigenvalue weighted by molar-refractivity contribution is 6.28. The molecular weight excluding hydrogens is 354 g/mol. The van der Waals surface area contributed by atoms with E-state index in [9.17, 15) is 9.59 Å². The number of H-pyrrole nitrogens is 1. The standard InChI is InChI=1S/C18H26ClN5O2/c19-17-20-14(21-22-17)5-6-15(25)24-10-8-18(12-24)7-2-9-23(16(18)26)11-13-3-1-4-13/h13H,1-12H2,(H,20,21,22)/t18-/m0/s1. The minimum Gasteiger partial charge on any atom is -0.342 e. The zero-order valence-electron chi connectivity index (χ0n) is 15.0. The fourth-order valence-corrected chi connectivity index (χ4v) is 4.69. The summed E-state index contributed by atoms with van der Waals surface area (Å²) in [6.45, 7) is 3.06. The summed E-state index contributed by atoms with van der Waals surface area (Å²) in [5.41, 5.74) is -0.340. The Morgan fingerprint density at radius 2 is 2.12 bits per heavy atom. The van der Waals surface area contributed by atoms with E-state index in [0.717, 1.165) is 32.4 Å². The highest BCUT2D eigenvalue weighted by Crippen LogP contribution is 2.41. The number of likely N-dealkylation sites (tertiary alicyclic amines) is 2. The van der Waals surface area contributed by atoms with Crippen LogP contribution in [0.25, 0.3) is 0 Å². The van der Waals surface area contributed by atoms with Crippen LogP contribution in [0, 0.1) is 11.3 Å². The molecule has 1 atom stereocenters. The third-order valence-electron chi connectivity index (χ3n) is 6.31. The van der Waals surface area contributed by atoms with Crippen LogP contribution in [-0.2, 0) is 16.0 Å². The van der Waals surface area contributed by atoms with Crippen molar-refractivity contribution in [3.05, 3.63) is 11.1 Å². The van der Waals surface area contributed by atoms with Gasteiger partial charge in [0, 0.05) is 39.0 Å². The van der Waals surface area contributed by atoms with Crippen LogP contribution in [0.3, 0.4) is 0 Å². The first kappa shape index (κ1) is 17.8. The van der Waals surface area contributed by atoms with Crippen LogP contribution in [0.4, 0.5) is 0 Å². The van der Waals surface area contributed by atoms with Gasteiger partial charge in [-0.15, -0.1) is 5.10 Å². The Morgan fingerprint density at radius 1 is 1.27 bits per heavy atom. The summed E-state index contributed by atoms with van der Waals surface area (Å²) in [4.78, 5) is 33.7. The van der Waals surface area contributed by atoms with E-state index in [1.54, 1.807) is 0 Å². The van der Waals surface area contributed by atoms with Crippen molar-refractivity contribution in [2.75, 3.05) is 26.2 Å². The number of halogens is 1. The molecule has 1 aromatic heterocycles. The van der Waals surface area contributed by atoms with Gasteiger partial charge in [-0.05, 0) is 49.6 Å². The summed E-state index contributed by atoms with van der Waals surface area (Å²) in [7, 11) is 0. The monoisotopic (exact) mass is 379 g/mol. The molecule has 1 N–H and O–H groups in total. The van der Waals surface area contributed by atoms with E-state index in [1.165, 1.54) is 19.3 Å². The van der Waals surface area contributed by atoms with Crippen LogP contribution in [0.2, 0.25) is 5.28 Å². The van der Waals surface area contributed by atoms with Gasteiger partial charge >= 0.3 is 0 Å². The van der Waals surface area contributed by atoms with Gasteiger partial charge in [-0.1, -0.05) is 6.42 Å². The number of rotatable bonds is 5. The Balaban J connectivity index is 1.33. The topological polar surface area (TPSA) is 82.2 Å². The molecule has 2 amide bonds. The zero-order chi connectivity index (χ0) is 18.1. The van der Waals surface area contributed by atoms with E-state index in [1.807, 2.05) is 4.90 Å². The number of amides is 2. The lowest BCUT2D eigenvalue weighted by Crippen LogP contribution is -2.52. The molecule has 4 rings (SSSR count). The van der Waals surface area contributed by atoms with E-state index in [-0.39, 0.29) is 22.5 Å². The number of aromatic amines is 1. The van der Waals surface area contributed by atoms with E-state index in [0.29, 0.717) is 37.7 Å². The summed E-state index contributed by atoms with van der Waals surface area (Å²) in [5.74, 6) is 1.69. The Bertz CT molecular complexity index is 689. The third kappa shape index (κ3) is 3.46. The van der Waals surface area contributed by atoms with Crippen molar-refractivity contribution in [1.29, 1.82) is 0 Å². The average Bonchev–Trinajstić information content (AvgIpc) is 3.20. The highest BCUT2D eigenvalue weighted by atomic mass is 35.5. The molecular formula is C18H26ClN5O2. The molecule has 2 saturated heterocycles. The number of carbonyl (C=O) groups excluding carboxylic acids is 2. The van der Waals surface area contributed by atoms with E-state index < -0.39 is 0 Å². The summed E-state index contributed by atoms with van der Waals surface area (Å²) in [6, 6.07) is 0. The molecule has 0 aromatic carbocycles. The van der Waals surface area contributed by atoms with E-state index in [2.05, 4.69) is 20.1 Å². The maximum absolute atomic E-state index is 13.1. The quantitative estimate of drug-likeness (QED) is 0.848. The third-order valence-corrected chi connectivity index (χ3v) is 6.48. The lowest BCUT2D eigenvalue weighted by atomic mass is 9.77. The second-order valence-electron chi connectivity index (χ2n) is 8.05. The summed E-state index contributed by atoms with van der Waals surface area (Å²) < 4.78 is 0. The van der Waals surface area contributed by atoms with Crippen molar-refractivity contribution in [2.45, 2.75) is 51.4 Å². The number of aromatic nitrogens is 3. The van der Waals surface area contributed by atoms with Crippen molar-refractivity contribution in [1.82, 2.24) is 25.0 Å². The van der Waals surface area contributed by atoms with E-state index in [4.69, 9.17) is 11.6 Å². The molecule has 142 valence electrons. The first-order valence-corrected chi connectivity index (χ1v) is 10.1. The van der Waals surface area contributed by atoms with Gasteiger partial charge in [-0.3, -0.25) is 14.7 Å². The molecule has 1 aliphatic carbocycles. The lowest BCUT2D eigenvalue weighted by molar-refractivity contribution is -0.147. The van der Waals surface area contributed by atoms with Crippen LogP contribution in [-0.4, -0.2) is 63.0 Å². The summed E-state index contributed by atoms with van der Waals surface area (Å²) in [5, 5.41) is 6.67. The van der Waals surface area contributed by atoms with Gasteiger partial charge in [0.15, 0.2) is 0 Å². The fraction of sp³-hybridized carbons (Fsp3) is 0.778. The van der Waals surface area contributed by atoms with Gasteiger partial charge in [0.05, 0.1) is 5.41 Å². The molecule has 0 radical (unpaired) electrons. The van der Waals surface area contributed by atoms with Crippen molar-refractivity contribution in [2.24, 2.45) is 11.3 Å². The molecule has 8 heteroatoms. The minimum absolute atomic E-state index is 0.0818. The molecule has 3 heterocycles. The van der Waals surface area contributed by atoms with Crippen molar-refractivity contribution >= 4 is 23.4 Å². The highest BCUT2D eigenvalue weighted by Gasteiger charge is 2.49. The van der Waals surface area contributed by atoms with Crippen molar-refractivity contribution < 1.29 is 9.59 Å². The summed E-state index contributed by atoms with van der Waals surface area (Å²) >= 11 is 5.69. The molecule has 3 aliphatic rings. The number of carbonyl (C=O) groups is 2. The van der Waals surface area contributed by atoms with Crippen LogP contribution in [0.1, 0.15) is 50.8 Å². The number of piperidine rings is 1. The second-order valence-corrected chi connectivity index (χ2v) is 8.39. The predicted molar refractivity (Wildman–Crippen MR) is 96.5 cm³/mol. The Labute approximate surface area is 158 Å². The van der Waals surface area contributed by atoms with Crippen LogP contribution >= 0.6 is 11.6 Å². The SMILES string of the molecule is O=C(CCc1nc(Cl)n[nH]1)N1CC[C@@]2(CCCN(CC3CCC3)C2=O)C1. The van der Waals surface area contributed by atoms with Gasteiger partial charge < -0.3 is 9.80 Å². The Morgan fingerprint density at radius 3 is 2.81 bits per heavy atom. The smallest absolute Gasteiger partial charge is 0.242 e. The predicted octanol–water partition coefficient (Wildman–Crippen LogP) is 2.03. The minimum atomic E-state index is -0.340. The second kappa shape index (κ2) is 7.18. The van der Waals surface area contributed by atoms with E-state index >= 15 is 0 Å². The van der Waals surface area contributed by atoms with Gasteiger partial charge in [0.2, 0.25) is 17.1 Å². The Kier molecular flexibility index (Phi) is 4.90. The molecule has 1 saturated carbocycles. The molecule has 0 bridgehead atoms. The number of aryl methyl sites for hydroxylation is 1. The molecule has 1 spiro atoms. The van der Waals surface area contributed by atoms with Crippen molar-refractivity contribution in [3.63, 3.8) is 0 Å². The fourth-order valence-electron chi connectivity index (χ4n) is 4.54. The zero-order valence-corrected chi connectivity index (χ0v) is 15.8. The van der Waals surface area contributed by atoms with Gasteiger partial charge in [0.1, 0.15) is 5.82 Å². The Hall–Kier alpha value is -1.63. The molecule has 1 aromatic rings. The first-order valence-electron chi connectivity index (χ1n) is 9.70. The average molecular weight is 380 g/mol. The first-order chi connectivity index (χ1) is 12.6. The molecule has 2 aliphatic heterocycles.